The highest BCUT2D eigenvalue weighted by Crippen LogP contribution is 2.19. The second-order valence-corrected chi connectivity index (χ2v) is 8.12. The van der Waals surface area contributed by atoms with Crippen LogP contribution >= 0.6 is 0 Å². The number of rotatable bonds is 7. The van der Waals surface area contributed by atoms with Crippen LogP contribution < -0.4 is 16.0 Å². The fourth-order valence-corrected chi connectivity index (χ4v) is 4.41. The number of aliphatic imine (C=N–C) groups is 1. The van der Waals surface area contributed by atoms with Gasteiger partial charge in [0.05, 0.1) is 0 Å². The molecule has 1 aromatic carbocycles. The van der Waals surface area contributed by atoms with Crippen molar-refractivity contribution in [3.8, 4) is 0 Å². The quantitative estimate of drug-likeness (QED) is 0.411. The van der Waals surface area contributed by atoms with E-state index in [0.29, 0.717) is 12.3 Å². The molecule has 1 unspecified atom stereocenters. The van der Waals surface area contributed by atoms with Gasteiger partial charge in [0, 0.05) is 65.0 Å². The lowest BCUT2D eigenvalue weighted by molar-refractivity contribution is -0.119. The summed E-state index contributed by atoms with van der Waals surface area (Å²) in [6, 6.07) is 10.7. The Morgan fingerprint density at radius 3 is 2.62 bits per heavy atom. The minimum Gasteiger partial charge on any atom is -0.370 e. The summed E-state index contributed by atoms with van der Waals surface area (Å²) in [6.07, 6.45) is 3.74. The van der Waals surface area contributed by atoms with Gasteiger partial charge in [-0.25, -0.2) is 0 Å². The number of nitrogens with zero attached hydrogens (tertiary/aromatic N) is 4. The molecule has 0 spiro atoms. The summed E-state index contributed by atoms with van der Waals surface area (Å²) in [6.45, 7) is 8.30. The zero-order chi connectivity index (χ0) is 20.5. The van der Waals surface area contributed by atoms with Crippen molar-refractivity contribution in [3.63, 3.8) is 0 Å². The summed E-state index contributed by atoms with van der Waals surface area (Å²) >= 11 is 0. The van der Waals surface area contributed by atoms with Crippen LogP contribution in [0.15, 0.2) is 35.3 Å². The number of guanidine groups is 1. The minimum absolute atomic E-state index is 0.202. The number of hydrogen-bond donors (Lipinski definition) is 2. The Balaban J connectivity index is 1.34. The SMILES string of the molecule is CN=C(NCCCN1CCN(c2ccccc2)CC1)N1CCCC(CC(N)=O)C1. The van der Waals surface area contributed by atoms with E-state index in [-0.39, 0.29) is 5.91 Å². The van der Waals surface area contributed by atoms with Gasteiger partial charge in [-0.05, 0) is 43.9 Å². The summed E-state index contributed by atoms with van der Waals surface area (Å²) < 4.78 is 0. The number of carbonyl (C=O) groups excluding carboxylic acids is 1. The molecule has 2 heterocycles. The van der Waals surface area contributed by atoms with E-state index in [1.54, 1.807) is 0 Å². The van der Waals surface area contributed by atoms with E-state index >= 15 is 0 Å². The lowest BCUT2D eigenvalue weighted by Gasteiger charge is -2.36. The number of likely N-dealkylation sites (tertiary alicyclic amines) is 1. The Hall–Kier alpha value is -2.28. The smallest absolute Gasteiger partial charge is 0.217 e. The Kier molecular flexibility index (Phi) is 8.16. The first-order valence-corrected chi connectivity index (χ1v) is 10.9. The molecule has 29 heavy (non-hydrogen) atoms. The Bertz CT molecular complexity index is 657. The third-order valence-corrected chi connectivity index (χ3v) is 5.95. The van der Waals surface area contributed by atoms with Crippen LogP contribution in [0.25, 0.3) is 0 Å². The molecule has 1 amide bonds. The maximum absolute atomic E-state index is 11.2. The summed E-state index contributed by atoms with van der Waals surface area (Å²) in [7, 11) is 1.84. The van der Waals surface area contributed by atoms with E-state index in [4.69, 9.17) is 5.73 Å². The number of hydrogen-bond acceptors (Lipinski definition) is 4. The summed E-state index contributed by atoms with van der Waals surface area (Å²) in [4.78, 5) is 23.0. The fourth-order valence-electron chi connectivity index (χ4n) is 4.41. The molecule has 2 saturated heterocycles. The van der Waals surface area contributed by atoms with E-state index < -0.39 is 0 Å². The van der Waals surface area contributed by atoms with Gasteiger partial charge in [-0.3, -0.25) is 14.7 Å². The molecule has 0 aromatic heterocycles. The predicted octanol–water partition coefficient (Wildman–Crippen LogP) is 1.36. The molecule has 0 saturated carbocycles. The van der Waals surface area contributed by atoms with Gasteiger partial charge in [0.25, 0.3) is 0 Å². The molecule has 0 bridgehead atoms. The monoisotopic (exact) mass is 400 g/mol. The number of benzene rings is 1. The summed E-state index contributed by atoms with van der Waals surface area (Å²) in [5, 5.41) is 3.51. The standard InChI is InChI=1S/C22H36N6O/c1-24-22(28-12-5-7-19(18-28)17-21(23)29)25-10-6-11-26-13-15-27(16-14-26)20-8-3-2-4-9-20/h2-4,8-9,19H,5-7,10-18H2,1H3,(H2,23,29)(H,24,25). The van der Waals surface area contributed by atoms with Gasteiger partial charge in [0.15, 0.2) is 5.96 Å². The molecule has 0 aliphatic carbocycles. The first kappa shape index (κ1) is 21.4. The number of amides is 1. The lowest BCUT2D eigenvalue weighted by atomic mass is 9.95. The zero-order valence-corrected chi connectivity index (χ0v) is 17.7. The van der Waals surface area contributed by atoms with Gasteiger partial charge in [-0.1, -0.05) is 18.2 Å². The number of nitrogens with one attached hydrogen (secondary N) is 1. The molecular weight excluding hydrogens is 364 g/mol. The van der Waals surface area contributed by atoms with E-state index in [2.05, 4.69) is 55.3 Å². The van der Waals surface area contributed by atoms with Crippen molar-refractivity contribution in [1.29, 1.82) is 0 Å². The first-order valence-electron chi connectivity index (χ1n) is 10.9. The number of primary amides is 1. The van der Waals surface area contributed by atoms with E-state index in [1.165, 1.54) is 5.69 Å². The topological polar surface area (TPSA) is 77.2 Å². The number of piperazine rings is 1. The Labute approximate surface area is 174 Å². The molecule has 0 radical (unpaired) electrons. The average Bonchev–Trinajstić information content (AvgIpc) is 2.74. The molecule has 2 aliphatic rings. The molecule has 1 aromatic rings. The molecule has 1 atom stereocenters. The second kappa shape index (κ2) is 11.0. The maximum atomic E-state index is 11.2. The zero-order valence-electron chi connectivity index (χ0n) is 17.7. The Morgan fingerprint density at radius 2 is 1.93 bits per heavy atom. The van der Waals surface area contributed by atoms with Gasteiger partial charge >= 0.3 is 0 Å². The van der Waals surface area contributed by atoms with Crippen molar-refractivity contribution >= 4 is 17.6 Å². The van der Waals surface area contributed by atoms with Crippen molar-refractivity contribution in [1.82, 2.24) is 15.1 Å². The molecular formula is C22H36N6O. The first-order chi connectivity index (χ1) is 14.2. The van der Waals surface area contributed by atoms with Crippen molar-refractivity contribution in [2.75, 3.05) is 64.3 Å². The van der Waals surface area contributed by atoms with Crippen molar-refractivity contribution in [2.24, 2.45) is 16.6 Å². The molecule has 2 fully saturated rings. The Morgan fingerprint density at radius 1 is 1.17 bits per heavy atom. The van der Waals surface area contributed by atoms with E-state index in [0.717, 1.165) is 77.6 Å². The average molecular weight is 401 g/mol. The second-order valence-electron chi connectivity index (χ2n) is 8.12. The molecule has 7 heteroatoms. The number of nitrogens with two attached hydrogens (primary N) is 1. The van der Waals surface area contributed by atoms with Gasteiger partial charge in [0.2, 0.25) is 5.91 Å². The number of para-hydroxylation sites is 1. The molecule has 3 rings (SSSR count). The highest BCUT2D eigenvalue weighted by Gasteiger charge is 2.23. The highest BCUT2D eigenvalue weighted by atomic mass is 16.1. The van der Waals surface area contributed by atoms with Gasteiger partial charge in [-0.15, -0.1) is 0 Å². The lowest BCUT2D eigenvalue weighted by Crippen LogP contribution is -2.48. The van der Waals surface area contributed by atoms with Crippen LogP contribution in [0.3, 0.4) is 0 Å². The third kappa shape index (κ3) is 6.63. The molecule has 160 valence electrons. The van der Waals surface area contributed by atoms with E-state index in [9.17, 15) is 4.79 Å². The number of piperidine rings is 1. The fraction of sp³-hybridized carbons (Fsp3) is 0.636. The highest BCUT2D eigenvalue weighted by molar-refractivity contribution is 5.80. The van der Waals surface area contributed by atoms with Crippen molar-refractivity contribution < 1.29 is 4.79 Å². The third-order valence-electron chi connectivity index (χ3n) is 5.95. The number of carbonyl (C=O) groups is 1. The van der Waals surface area contributed by atoms with Crippen LogP contribution in [-0.4, -0.2) is 81.1 Å². The van der Waals surface area contributed by atoms with Crippen LogP contribution in [0, 0.1) is 5.92 Å². The number of anilines is 1. The van der Waals surface area contributed by atoms with E-state index in [1.807, 2.05) is 7.05 Å². The minimum atomic E-state index is -0.202. The van der Waals surface area contributed by atoms with Gasteiger partial charge < -0.3 is 20.9 Å². The van der Waals surface area contributed by atoms with Gasteiger partial charge in [-0.2, -0.15) is 0 Å². The van der Waals surface area contributed by atoms with Crippen LogP contribution in [0.4, 0.5) is 5.69 Å². The van der Waals surface area contributed by atoms with Crippen molar-refractivity contribution in [2.45, 2.75) is 25.7 Å². The molecule has 2 aliphatic heterocycles. The maximum Gasteiger partial charge on any atom is 0.217 e. The summed E-state index contributed by atoms with van der Waals surface area (Å²) in [5.74, 6) is 1.10. The van der Waals surface area contributed by atoms with Crippen LogP contribution in [0.5, 0.6) is 0 Å². The largest absolute Gasteiger partial charge is 0.370 e. The van der Waals surface area contributed by atoms with Crippen molar-refractivity contribution in [3.05, 3.63) is 30.3 Å². The normalized spacial score (nSPS) is 21.3. The predicted molar refractivity (Wildman–Crippen MR) is 119 cm³/mol. The van der Waals surface area contributed by atoms with Crippen LogP contribution in [0.2, 0.25) is 0 Å². The van der Waals surface area contributed by atoms with Crippen LogP contribution in [-0.2, 0) is 4.79 Å². The molecule has 7 nitrogen and oxygen atoms in total. The summed E-state index contributed by atoms with van der Waals surface area (Å²) in [5.41, 5.74) is 6.70. The van der Waals surface area contributed by atoms with Gasteiger partial charge in [0.1, 0.15) is 0 Å². The molecule has 3 N–H and O–H groups in total. The van der Waals surface area contributed by atoms with Crippen LogP contribution in [0.1, 0.15) is 25.7 Å².